The molecule has 0 amide bonds. The van der Waals surface area contributed by atoms with Crippen molar-refractivity contribution in [2.75, 3.05) is 6.54 Å². The van der Waals surface area contributed by atoms with Crippen molar-refractivity contribution in [1.29, 1.82) is 0 Å². The lowest BCUT2D eigenvalue weighted by Gasteiger charge is -2.02. The lowest BCUT2D eigenvalue weighted by molar-refractivity contribution is 0.606. The van der Waals surface area contributed by atoms with Gasteiger partial charge in [0.1, 0.15) is 5.04 Å². The van der Waals surface area contributed by atoms with Crippen molar-refractivity contribution in [1.82, 2.24) is 0 Å². The second kappa shape index (κ2) is 3.53. The maximum Gasteiger partial charge on any atom is 0.219 e. The number of benzene rings is 1. The van der Waals surface area contributed by atoms with Crippen molar-refractivity contribution in [2.45, 2.75) is 17.7 Å². The van der Waals surface area contributed by atoms with E-state index in [1.807, 2.05) is 0 Å². The number of hydrogen-bond donors (Lipinski definition) is 0. The van der Waals surface area contributed by atoms with Crippen LogP contribution in [-0.2, 0) is 9.84 Å². The zero-order valence-corrected chi connectivity index (χ0v) is 8.50. The van der Waals surface area contributed by atoms with Gasteiger partial charge in [-0.3, -0.25) is 4.99 Å². The van der Waals surface area contributed by atoms with Crippen LogP contribution in [0.1, 0.15) is 12.8 Å². The maximum absolute atomic E-state index is 11.9. The van der Waals surface area contributed by atoms with Crippen LogP contribution < -0.4 is 0 Å². The molecule has 1 aliphatic rings. The lowest BCUT2D eigenvalue weighted by atomic mass is 10.4. The quantitative estimate of drug-likeness (QED) is 0.706. The van der Waals surface area contributed by atoms with E-state index in [1.165, 1.54) is 0 Å². The largest absolute Gasteiger partial charge is 0.277 e. The predicted octanol–water partition coefficient (Wildman–Crippen LogP) is 1.65. The number of nitrogens with zero attached hydrogens (tertiary/aromatic N) is 1. The summed E-state index contributed by atoms with van der Waals surface area (Å²) in [6.45, 7) is 0.640. The highest BCUT2D eigenvalue weighted by molar-refractivity contribution is 8.06. The number of aliphatic imine (C=N–C) groups is 1. The van der Waals surface area contributed by atoms with E-state index >= 15 is 0 Å². The molecule has 1 aliphatic heterocycles. The summed E-state index contributed by atoms with van der Waals surface area (Å²) in [5, 5.41) is 0.337. The monoisotopic (exact) mass is 209 g/mol. The molecule has 3 nitrogen and oxygen atoms in total. The minimum absolute atomic E-state index is 0.337. The lowest BCUT2D eigenvalue weighted by Crippen LogP contribution is -2.12. The van der Waals surface area contributed by atoms with E-state index in [9.17, 15) is 8.42 Å². The molecule has 1 heterocycles. The number of rotatable bonds is 1. The van der Waals surface area contributed by atoms with Gasteiger partial charge in [0.15, 0.2) is 0 Å². The SMILES string of the molecule is O=S(=O)(C1=NCCC1)c1ccccc1. The average molecular weight is 209 g/mol. The summed E-state index contributed by atoms with van der Waals surface area (Å²) >= 11 is 0. The molecular weight excluding hydrogens is 198 g/mol. The minimum Gasteiger partial charge on any atom is -0.277 e. The molecule has 0 saturated carbocycles. The first-order chi connectivity index (χ1) is 6.71. The summed E-state index contributed by atoms with van der Waals surface area (Å²) in [5.74, 6) is 0. The fourth-order valence-corrected chi connectivity index (χ4v) is 2.93. The van der Waals surface area contributed by atoms with Crippen LogP contribution in [0.5, 0.6) is 0 Å². The van der Waals surface area contributed by atoms with E-state index < -0.39 is 9.84 Å². The van der Waals surface area contributed by atoms with Gasteiger partial charge >= 0.3 is 0 Å². The molecule has 0 fully saturated rings. The molecule has 4 heteroatoms. The molecule has 0 saturated heterocycles. The minimum atomic E-state index is -3.29. The Morgan fingerprint density at radius 1 is 1.14 bits per heavy atom. The molecule has 0 bridgehead atoms. The Labute approximate surface area is 83.4 Å². The fourth-order valence-electron chi connectivity index (χ4n) is 1.47. The van der Waals surface area contributed by atoms with Gasteiger partial charge in [0.05, 0.1) is 4.90 Å². The Kier molecular flexibility index (Phi) is 2.37. The molecule has 0 N–H and O–H groups in total. The van der Waals surface area contributed by atoms with E-state index in [1.54, 1.807) is 30.3 Å². The van der Waals surface area contributed by atoms with Gasteiger partial charge in [-0.15, -0.1) is 0 Å². The second-order valence-corrected chi connectivity index (χ2v) is 5.15. The van der Waals surface area contributed by atoms with Crippen molar-refractivity contribution in [3.63, 3.8) is 0 Å². The zero-order valence-electron chi connectivity index (χ0n) is 7.68. The van der Waals surface area contributed by atoms with Crippen LogP contribution in [0.2, 0.25) is 0 Å². The van der Waals surface area contributed by atoms with Crippen molar-refractivity contribution in [2.24, 2.45) is 4.99 Å². The van der Waals surface area contributed by atoms with Crippen LogP contribution in [0, 0.1) is 0 Å². The van der Waals surface area contributed by atoms with Crippen LogP contribution >= 0.6 is 0 Å². The Morgan fingerprint density at radius 3 is 2.43 bits per heavy atom. The van der Waals surface area contributed by atoms with Crippen LogP contribution in [0.15, 0.2) is 40.2 Å². The molecule has 1 aromatic carbocycles. The van der Waals surface area contributed by atoms with Crippen LogP contribution in [0.3, 0.4) is 0 Å². The van der Waals surface area contributed by atoms with Gasteiger partial charge < -0.3 is 0 Å². The maximum atomic E-state index is 11.9. The first-order valence-electron chi connectivity index (χ1n) is 4.55. The highest BCUT2D eigenvalue weighted by Crippen LogP contribution is 2.18. The highest BCUT2D eigenvalue weighted by atomic mass is 32.2. The van der Waals surface area contributed by atoms with E-state index in [2.05, 4.69) is 4.99 Å². The summed E-state index contributed by atoms with van der Waals surface area (Å²) in [5.41, 5.74) is 0. The first-order valence-corrected chi connectivity index (χ1v) is 6.03. The van der Waals surface area contributed by atoms with E-state index in [-0.39, 0.29) is 0 Å². The zero-order chi connectivity index (χ0) is 10.0. The molecule has 0 unspecified atom stereocenters. The Balaban J connectivity index is 2.43. The van der Waals surface area contributed by atoms with Gasteiger partial charge in [0.25, 0.3) is 0 Å². The molecule has 1 aromatic rings. The highest BCUT2D eigenvalue weighted by Gasteiger charge is 2.23. The van der Waals surface area contributed by atoms with Crippen molar-refractivity contribution >= 4 is 14.9 Å². The van der Waals surface area contributed by atoms with Crippen molar-refractivity contribution < 1.29 is 8.42 Å². The average Bonchev–Trinajstić information content (AvgIpc) is 2.72. The van der Waals surface area contributed by atoms with Gasteiger partial charge in [-0.25, -0.2) is 8.42 Å². The summed E-state index contributed by atoms with van der Waals surface area (Å²) < 4.78 is 23.8. The van der Waals surface area contributed by atoms with E-state index in [0.29, 0.717) is 22.9 Å². The van der Waals surface area contributed by atoms with Crippen LogP contribution in [0.25, 0.3) is 0 Å². The summed E-state index contributed by atoms with van der Waals surface area (Å²) in [6.07, 6.45) is 1.43. The second-order valence-electron chi connectivity index (χ2n) is 3.20. The molecule has 0 aliphatic carbocycles. The predicted molar refractivity (Wildman–Crippen MR) is 55.2 cm³/mol. The third-order valence-corrected chi connectivity index (χ3v) is 4.05. The first kappa shape index (κ1) is 9.40. The van der Waals surface area contributed by atoms with Crippen molar-refractivity contribution in [3.8, 4) is 0 Å². The molecule has 14 heavy (non-hydrogen) atoms. The number of sulfone groups is 1. The van der Waals surface area contributed by atoms with Gasteiger partial charge in [-0.05, 0) is 18.6 Å². The van der Waals surface area contributed by atoms with Gasteiger partial charge in [0.2, 0.25) is 9.84 Å². The molecule has 74 valence electrons. The molecule has 0 aromatic heterocycles. The van der Waals surface area contributed by atoms with Gasteiger partial charge in [-0.2, -0.15) is 0 Å². The van der Waals surface area contributed by atoms with Crippen molar-refractivity contribution in [3.05, 3.63) is 30.3 Å². The third-order valence-electron chi connectivity index (χ3n) is 2.20. The standard InChI is InChI=1S/C10H11NO2S/c12-14(13,10-7-4-8-11-10)9-5-2-1-3-6-9/h1-3,5-6H,4,7-8H2. The fraction of sp³-hybridized carbons (Fsp3) is 0.300. The topological polar surface area (TPSA) is 46.5 Å². The Hall–Kier alpha value is -1.16. The Morgan fingerprint density at radius 2 is 1.86 bits per heavy atom. The van der Waals surface area contributed by atoms with E-state index in [4.69, 9.17) is 0 Å². The van der Waals surface area contributed by atoms with Gasteiger partial charge in [0, 0.05) is 13.0 Å². The van der Waals surface area contributed by atoms with Crippen LogP contribution in [-0.4, -0.2) is 20.0 Å². The third kappa shape index (κ3) is 1.57. The molecular formula is C10H11NO2S. The van der Waals surface area contributed by atoms with Gasteiger partial charge in [-0.1, -0.05) is 18.2 Å². The van der Waals surface area contributed by atoms with Crippen LogP contribution in [0.4, 0.5) is 0 Å². The smallest absolute Gasteiger partial charge is 0.219 e. The molecule has 0 atom stereocenters. The number of hydrogen-bond acceptors (Lipinski definition) is 3. The molecule has 2 rings (SSSR count). The Bertz CT molecular complexity index is 448. The summed E-state index contributed by atoms with van der Waals surface area (Å²) in [7, 11) is -3.29. The summed E-state index contributed by atoms with van der Waals surface area (Å²) in [6, 6.07) is 8.46. The molecule has 0 radical (unpaired) electrons. The molecule has 0 spiro atoms. The summed E-state index contributed by atoms with van der Waals surface area (Å²) in [4.78, 5) is 4.36. The normalized spacial score (nSPS) is 16.7. The van der Waals surface area contributed by atoms with E-state index in [0.717, 1.165) is 6.42 Å².